The van der Waals surface area contributed by atoms with Crippen molar-refractivity contribution in [2.45, 2.75) is 12.6 Å². The average Bonchev–Trinajstić information content (AvgIpc) is 3.17. The smallest absolute Gasteiger partial charge is 0.231 e. The van der Waals surface area contributed by atoms with Crippen LogP contribution in [0, 0.1) is 0 Å². The van der Waals surface area contributed by atoms with Gasteiger partial charge in [0.15, 0.2) is 11.5 Å². The van der Waals surface area contributed by atoms with Crippen LogP contribution in [0.3, 0.4) is 0 Å². The van der Waals surface area contributed by atoms with Gasteiger partial charge in [-0.1, -0.05) is 23.7 Å². The number of hydrogen-bond donors (Lipinski definition) is 1. The predicted octanol–water partition coefficient (Wildman–Crippen LogP) is 2.63. The van der Waals surface area contributed by atoms with Crippen molar-refractivity contribution in [2.24, 2.45) is 0 Å². The molecule has 2 aromatic rings. The minimum Gasteiger partial charge on any atom is -0.491 e. The van der Waals surface area contributed by atoms with Crippen LogP contribution in [0.15, 0.2) is 42.5 Å². The van der Waals surface area contributed by atoms with Crippen molar-refractivity contribution in [3.8, 4) is 17.2 Å². The molecular formula is C21H25ClN2O4. The average molecular weight is 405 g/mol. The van der Waals surface area contributed by atoms with E-state index < -0.39 is 6.10 Å². The molecule has 2 heterocycles. The third kappa shape index (κ3) is 5.08. The molecule has 0 spiro atoms. The molecule has 6 nitrogen and oxygen atoms in total. The van der Waals surface area contributed by atoms with E-state index >= 15 is 0 Å². The zero-order valence-electron chi connectivity index (χ0n) is 15.7. The van der Waals surface area contributed by atoms with E-state index in [0.717, 1.165) is 43.5 Å². The lowest BCUT2D eigenvalue weighted by Gasteiger charge is -2.35. The van der Waals surface area contributed by atoms with E-state index in [1.807, 2.05) is 24.3 Å². The fraction of sp³-hybridized carbons (Fsp3) is 0.429. The van der Waals surface area contributed by atoms with E-state index in [0.29, 0.717) is 18.0 Å². The number of piperazine rings is 1. The van der Waals surface area contributed by atoms with Crippen LogP contribution in [0.25, 0.3) is 0 Å². The lowest BCUT2D eigenvalue weighted by molar-refractivity contribution is 0.0446. The molecular weight excluding hydrogens is 380 g/mol. The molecule has 0 saturated carbocycles. The van der Waals surface area contributed by atoms with E-state index in [9.17, 15) is 5.11 Å². The van der Waals surface area contributed by atoms with Gasteiger partial charge in [-0.15, -0.1) is 0 Å². The second kappa shape index (κ2) is 9.01. The molecule has 2 aromatic carbocycles. The van der Waals surface area contributed by atoms with Gasteiger partial charge in [0.2, 0.25) is 6.79 Å². The van der Waals surface area contributed by atoms with Gasteiger partial charge in [-0.2, -0.15) is 0 Å². The maximum atomic E-state index is 10.3. The summed E-state index contributed by atoms with van der Waals surface area (Å²) in [6, 6.07) is 13.5. The van der Waals surface area contributed by atoms with E-state index in [4.69, 9.17) is 25.8 Å². The fourth-order valence-electron chi connectivity index (χ4n) is 3.49. The van der Waals surface area contributed by atoms with Crippen molar-refractivity contribution in [1.82, 2.24) is 9.80 Å². The zero-order valence-corrected chi connectivity index (χ0v) is 16.5. The van der Waals surface area contributed by atoms with Crippen molar-refractivity contribution < 1.29 is 19.3 Å². The van der Waals surface area contributed by atoms with Crippen LogP contribution in [0.4, 0.5) is 0 Å². The maximum Gasteiger partial charge on any atom is 0.231 e. The Bertz CT molecular complexity index is 778. The van der Waals surface area contributed by atoms with Crippen molar-refractivity contribution in [2.75, 3.05) is 46.1 Å². The fourth-order valence-corrected chi connectivity index (χ4v) is 3.61. The molecule has 0 aliphatic carbocycles. The number of aliphatic hydroxyl groups is 1. The Balaban J connectivity index is 1.17. The lowest BCUT2D eigenvalue weighted by Crippen LogP contribution is -2.48. The third-order valence-electron chi connectivity index (χ3n) is 5.04. The molecule has 0 unspecified atom stereocenters. The molecule has 2 aliphatic heterocycles. The van der Waals surface area contributed by atoms with Gasteiger partial charge in [0.1, 0.15) is 18.5 Å². The van der Waals surface area contributed by atoms with Gasteiger partial charge >= 0.3 is 0 Å². The molecule has 28 heavy (non-hydrogen) atoms. The van der Waals surface area contributed by atoms with Crippen LogP contribution in [0.5, 0.6) is 17.2 Å². The Labute approximate surface area is 170 Å². The predicted molar refractivity (Wildman–Crippen MR) is 107 cm³/mol. The molecule has 2 aliphatic rings. The van der Waals surface area contributed by atoms with Gasteiger partial charge in [0.25, 0.3) is 0 Å². The molecule has 0 aromatic heterocycles. The van der Waals surface area contributed by atoms with Crippen molar-refractivity contribution >= 4 is 11.6 Å². The first-order valence-corrected chi connectivity index (χ1v) is 9.93. The Kier molecular flexibility index (Phi) is 6.22. The zero-order chi connectivity index (χ0) is 19.3. The molecule has 1 fully saturated rings. The van der Waals surface area contributed by atoms with E-state index in [1.165, 1.54) is 5.56 Å². The van der Waals surface area contributed by atoms with Crippen LogP contribution < -0.4 is 14.2 Å². The number of ether oxygens (including phenoxy) is 3. The monoisotopic (exact) mass is 404 g/mol. The van der Waals surface area contributed by atoms with Crippen LogP contribution in [0.1, 0.15) is 5.56 Å². The molecule has 1 atom stereocenters. The van der Waals surface area contributed by atoms with Crippen LogP contribution in [-0.2, 0) is 6.54 Å². The minimum atomic E-state index is -0.534. The van der Waals surface area contributed by atoms with Gasteiger partial charge in [-0.25, -0.2) is 0 Å². The molecule has 0 radical (unpaired) electrons. The summed E-state index contributed by atoms with van der Waals surface area (Å²) < 4.78 is 16.3. The second-order valence-corrected chi connectivity index (χ2v) is 7.62. The number of β-amino-alcohol motifs (C(OH)–C–C–N with tert-alkyl or cyclic N) is 1. The number of benzene rings is 2. The SMILES string of the molecule is O[C@H](COc1ccc2c(c1)OCO2)CN1CCN(Cc2ccc(Cl)cc2)CC1. The molecule has 150 valence electrons. The molecule has 1 N–H and O–H groups in total. The van der Waals surface area contributed by atoms with Crippen molar-refractivity contribution in [3.05, 3.63) is 53.1 Å². The third-order valence-corrected chi connectivity index (χ3v) is 5.29. The number of nitrogens with zero attached hydrogens (tertiary/aromatic N) is 2. The quantitative estimate of drug-likeness (QED) is 0.765. The van der Waals surface area contributed by atoms with E-state index in [2.05, 4.69) is 21.9 Å². The van der Waals surface area contributed by atoms with Crippen molar-refractivity contribution in [1.29, 1.82) is 0 Å². The lowest BCUT2D eigenvalue weighted by atomic mass is 10.2. The molecule has 4 rings (SSSR count). The summed E-state index contributed by atoms with van der Waals surface area (Å²) in [5, 5.41) is 11.1. The first-order chi connectivity index (χ1) is 13.7. The summed E-state index contributed by atoms with van der Waals surface area (Å²) in [4.78, 5) is 4.71. The summed E-state index contributed by atoms with van der Waals surface area (Å²) >= 11 is 5.95. The van der Waals surface area contributed by atoms with E-state index in [1.54, 1.807) is 6.07 Å². The Morgan fingerprint density at radius 1 is 0.964 bits per heavy atom. The molecule has 0 bridgehead atoms. The highest BCUT2D eigenvalue weighted by Crippen LogP contribution is 2.35. The number of rotatable bonds is 7. The topological polar surface area (TPSA) is 54.4 Å². The Morgan fingerprint density at radius 3 is 2.46 bits per heavy atom. The Morgan fingerprint density at radius 2 is 1.68 bits per heavy atom. The van der Waals surface area contributed by atoms with Crippen LogP contribution >= 0.6 is 11.6 Å². The second-order valence-electron chi connectivity index (χ2n) is 7.18. The number of halogens is 1. The minimum absolute atomic E-state index is 0.241. The van der Waals surface area contributed by atoms with E-state index in [-0.39, 0.29) is 13.4 Å². The summed E-state index contributed by atoms with van der Waals surface area (Å²) in [6.45, 7) is 5.89. The Hall–Kier alpha value is -1.99. The highest BCUT2D eigenvalue weighted by atomic mass is 35.5. The maximum absolute atomic E-state index is 10.3. The van der Waals surface area contributed by atoms with Crippen LogP contribution in [0.2, 0.25) is 5.02 Å². The van der Waals surface area contributed by atoms with Gasteiger partial charge < -0.3 is 19.3 Å². The first-order valence-electron chi connectivity index (χ1n) is 9.55. The molecule has 0 amide bonds. The summed E-state index contributed by atoms with van der Waals surface area (Å²) in [5.41, 5.74) is 1.27. The van der Waals surface area contributed by atoms with Gasteiger partial charge in [-0.3, -0.25) is 9.80 Å². The summed E-state index contributed by atoms with van der Waals surface area (Å²) in [5.74, 6) is 2.09. The highest BCUT2D eigenvalue weighted by molar-refractivity contribution is 6.30. The normalized spacial score (nSPS) is 18.2. The molecule has 1 saturated heterocycles. The van der Waals surface area contributed by atoms with Crippen LogP contribution in [-0.4, -0.2) is 67.1 Å². The van der Waals surface area contributed by atoms with Gasteiger partial charge in [0.05, 0.1) is 0 Å². The summed E-state index contributed by atoms with van der Waals surface area (Å²) in [6.07, 6.45) is -0.534. The van der Waals surface area contributed by atoms with Gasteiger partial charge in [0, 0.05) is 50.4 Å². The highest BCUT2D eigenvalue weighted by Gasteiger charge is 2.20. The van der Waals surface area contributed by atoms with Gasteiger partial charge in [-0.05, 0) is 29.8 Å². The largest absolute Gasteiger partial charge is 0.491 e. The standard InChI is InChI=1S/C21H25ClN2O4/c22-17-3-1-16(2-4-17)12-23-7-9-24(10-8-23)13-18(25)14-26-19-5-6-20-21(11-19)28-15-27-20/h1-6,11,18,25H,7-10,12-15H2/t18-/m0/s1. The number of aliphatic hydroxyl groups excluding tert-OH is 1. The summed E-state index contributed by atoms with van der Waals surface area (Å²) in [7, 11) is 0. The van der Waals surface area contributed by atoms with Crippen molar-refractivity contribution in [3.63, 3.8) is 0 Å². The first kappa shape index (κ1) is 19.3. The number of hydrogen-bond acceptors (Lipinski definition) is 6. The number of fused-ring (bicyclic) bond motifs is 1. The molecule has 7 heteroatoms.